The number of carbonyl (C=O) groups excluding carboxylic acids is 1. The number of rotatable bonds is 7. The molecule has 4 rings (SSSR count). The maximum Gasteiger partial charge on any atom is 0.416 e. The Bertz CT molecular complexity index is 1140. The zero-order valence-electron chi connectivity index (χ0n) is 18.3. The summed E-state index contributed by atoms with van der Waals surface area (Å²) in [4.78, 5) is 16.4. The minimum atomic E-state index is -4.43. The normalized spacial score (nSPS) is 15.1. The predicted octanol–water partition coefficient (Wildman–Crippen LogP) is 5.53. The maximum absolute atomic E-state index is 14.5. The third kappa shape index (κ3) is 5.67. The van der Waals surface area contributed by atoms with Crippen molar-refractivity contribution in [1.82, 2.24) is 10.2 Å². The molecular weight excluding hydrogens is 473 g/mol. The van der Waals surface area contributed by atoms with Crippen molar-refractivity contribution in [3.8, 4) is 0 Å². The van der Waals surface area contributed by atoms with E-state index in [2.05, 4.69) is 10.2 Å². The summed E-state index contributed by atoms with van der Waals surface area (Å²) >= 11 is 0.963. The van der Waals surface area contributed by atoms with Crippen LogP contribution < -0.4 is 10.2 Å². The average Bonchev–Trinajstić information content (AvgIpc) is 3.13. The second-order valence-electron chi connectivity index (χ2n) is 8.23. The van der Waals surface area contributed by atoms with Crippen LogP contribution in [-0.2, 0) is 6.18 Å². The number of alkyl halides is 3. The summed E-state index contributed by atoms with van der Waals surface area (Å²) in [6.45, 7) is 4.16. The van der Waals surface area contributed by atoms with Crippen LogP contribution in [0.4, 0.5) is 27.6 Å². The Morgan fingerprint density at radius 3 is 2.35 bits per heavy atom. The van der Waals surface area contributed by atoms with Crippen molar-refractivity contribution in [2.24, 2.45) is 0 Å². The number of piperazine rings is 1. The molecule has 34 heavy (non-hydrogen) atoms. The van der Waals surface area contributed by atoms with Crippen LogP contribution in [0, 0.1) is 10.9 Å². The molecule has 0 bridgehead atoms. The molecule has 0 unspecified atom stereocenters. The van der Waals surface area contributed by atoms with Gasteiger partial charge in [0.15, 0.2) is 0 Å². The molecule has 1 fully saturated rings. The quantitative estimate of drug-likeness (QED) is 0.344. The first-order chi connectivity index (χ1) is 16.2. The lowest BCUT2D eigenvalue weighted by Crippen LogP contribution is -2.46. The van der Waals surface area contributed by atoms with Crippen molar-refractivity contribution in [2.75, 3.05) is 44.2 Å². The molecule has 0 atom stereocenters. The van der Waals surface area contributed by atoms with Gasteiger partial charge in [0, 0.05) is 48.4 Å². The van der Waals surface area contributed by atoms with Crippen LogP contribution in [0.1, 0.15) is 28.8 Å². The van der Waals surface area contributed by atoms with Crippen LogP contribution in [0.2, 0.25) is 0 Å². The molecule has 1 N–H and O–H groups in total. The monoisotopic (exact) mass is 497 g/mol. The number of hydrogen-bond donors (Lipinski definition) is 1. The molecule has 3 aromatic rings. The predicted molar refractivity (Wildman–Crippen MR) is 123 cm³/mol. The van der Waals surface area contributed by atoms with Gasteiger partial charge < -0.3 is 10.2 Å². The number of unbranched alkanes of at least 4 members (excludes halogenated alkanes) is 1. The number of thiophene rings is 1. The largest absolute Gasteiger partial charge is 0.416 e. The summed E-state index contributed by atoms with van der Waals surface area (Å²) in [5, 5.41) is 3.18. The Labute approximate surface area is 198 Å². The smallest absolute Gasteiger partial charge is 0.365 e. The van der Waals surface area contributed by atoms with Crippen molar-refractivity contribution in [2.45, 2.75) is 19.0 Å². The maximum atomic E-state index is 14.5. The summed E-state index contributed by atoms with van der Waals surface area (Å²) < 4.78 is 66.4. The van der Waals surface area contributed by atoms with E-state index in [1.807, 2.05) is 4.90 Å². The topological polar surface area (TPSA) is 35.6 Å². The number of nitrogens with one attached hydrogen (secondary N) is 1. The van der Waals surface area contributed by atoms with Gasteiger partial charge in [0.2, 0.25) is 5.13 Å². The van der Waals surface area contributed by atoms with Gasteiger partial charge in [-0.3, -0.25) is 9.69 Å². The first-order valence-corrected chi connectivity index (χ1v) is 11.8. The summed E-state index contributed by atoms with van der Waals surface area (Å²) in [5.41, 5.74) is -0.0429. The van der Waals surface area contributed by atoms with E-state index in [9.17, 15) is 26.7 Å². The van der Waals surface area contributed by atoms with Gasteiger partial charge in [-0.05, 0) is 61.9 Å². The minimum Gasteiger partial charge on any atom is -0.365 e. The first-order valence-electron chi connectivity index (χ1n) is 11.0. The van der Waals surface area contributed by atoms with Crippen LogP contribution in [-0.4, -0.2) is 50.1 Å². The van der Waals surface area contributed by atoms with E-state index in [1.165, 1.54) is 24.3 Å². The fourth-order valence-corrected chi connectivity index (χ4v) is 5.07. The van der Waals surface area contributed by atoms with E-state index in [4.69, 9.17) is 0 Å². The van der Waals surface area contributed by atoms with E-state index in [-0.39, 0.29) is 16.5 Å². The van der Waals surface area contributed by atoms with E-state index in [1.54, 1.807) is 6.07 Å². The lowest BCUT2D eigenvalue weighted by atomic mass is 10.1. The Balaban J connectivity index is 1.18. The lowest BCUT2D eigenvalue weighted by Gasteiger charge is -2.35. The van der Waals surface area contributed by atoms with Crippen molar-refractivity contribution >= 4 is 33.0 Å². The molecule has 4 nitrogen and oxygen atoms in total. The second-order valence-corrected chi connectivity index (χ2v) is 9.23. The fourth-order valence-electron chi connectivity index (χ4n) is 4.09. The van der Waals surface area contributed by atoms with E-state index < -0.39 is 17.6 Å². The van der Waals surface area contributed by atoms with Crippen molar-refractivity contribution in [3.05, 3.63) is 64.5 Å². The Hall–Kier alpha value is -2.72. The van der Waals surface area contributed by atoms with Crippen LogP contribution >= 0.6 is 11.3 Å². The Morgan fingerprint density at radius 1 is 0.971 bits per heavy atom. The highest BCUT2D eigenvalue weighted by Gasteiger charge is 2.30. The number of amides is 1. The highest BCUT2D eigenvalue weighted by Crippen LogP contribution is 2.37. The molecule has 1 aromatic heterocycles. The Morgan fingerprint density at radius 2 is 1.68 bits per heavy atom. The van der Waals surface area contributed by atoms with Crippen LogP contribution in [0.15, 0.2) is 42.5 Å². The molecule has 0 saturated carbocycles. The highest BCUT2D eigenvalue weighted by atomic mass is 32.1. The van der Waals surface area contributed by atoms with Gasteiger partial charge in [-0.1, -0.05) is 0 Å². The molecule has 0 aliphatic carbocycles. The Kier molecular flexibility index (Phi) is 7.37. The number of benzene rings is 2. The van der Waals surface area contributed by atoms with Crippen LogP contribution in [0.5, 0.6) is 0 Å². The lowest BCUT2D eigenvalue weighted by molar-refractivity contribution is -0.137. The third-order valence-corrected chi connectivity index (χ3v) is 6.86. The zero-order valence-corrected chi connectivity index (χ0v) is 19.1. The van der Waals surface area contributed by atoms with Crippen molar-refractivity contribution in [3.63, 3.8) is 0 Å². The van der Waals surface area contributed by atoms with Gasteiger partial charge in [0.1, 0.15) is 5.82 Å². The number of hydrogen-bond acceptors (Lipinski definition) is 4. The third-order valence-electron chi connectivity index (χ3n) is 5.93. The highest BCUT2D eigenvalue weighted by molar-refractivity contribution is 7.18. The van der Waals surface area contributed by atoms with E-state index in [0.717, 1.165) is 61.3 Å². The molecule has 1 aliphatic rings. The molecule has 1 aliphatic heterocycles. The average molecular weight is 498 g/mol. The van der Waals surface area contributed by atoms with Gasteiger partial charge in [0.05, 0.1) is 11.3 Å². The number of carbonyl (C=O) groups is 1. The van der Waals surface area contributed by atoms with Gasteiger partial charge in [-0.2, -0.15) is 17.6 Å². The fraction of sp³-hybridized carbons (Fsp3) is 0.375. The molecular formula is C24H24F5N3OS. The number of nitrogens with zero attached hydrogens (tertiary/aromatic N) is 2. The number of anilines is 1. The summed E-state index contributed by atoms with van der Waals surface area (Å²) in [6.07, 6.45) is -2.84. The van der Waals surface area contributed by atoms with Gasteiger partial charge in [-0.25, -0.2) is 4.39 Å². The molecule has 2 aromatic carbocycles. The van der Waals surface area contributed by atoms with Gasteiger partial charge in [0.25, 0.3) is 5.91 Å². The molecule has 1 amide bonds. The molecule has 0 radical (unpaired) electrons. The van der Waals surface area contributed by atoms with Crippen molar-refractivity contribution in [1.29, 1.82) is 0 Å². The first kappa shape index (κ1) is 24.4. The minimum absolute atomic E-state index is 0.194. The van der Waals surface area contributed by atoms with Gasteiger partial charge >= 0.3 is 6.18 Å². The van der Waals surface area contributed by atoms with Crippen molar-refractivity contribution < 1.29 is 26.7 Å². The molecule has 0 spiro atoms. The standard InChI is InChI=1S/C24H24F5N3OS/c25-18-7-8-19-20(15-18)34-22(26)21(19)32-13-11-31(12-14-32)10-2-1-9-30-23(33)16-3-5-17(6-4-16)24(27,28)29/h3-8,15H,1-2,9-14H2,(H,30,33). The molecule has 182 valence electrons. The molecule has 1 saturated heterocycles. The zero-order chi connectivity index (χ0) is 24.3. The number of fused-ring (bicyclic) bond motifs is 1. The summed E-state index contributed by atoms with van der Waals surface area (Å²) in [7, 11) is 0. The number of halogens is 5. The SMILES string of the molecule is O=C(NCCCCN1CCN(c2c(F)sc3cc(F)ccc23)CC1)c1ccc(C(F)(F)F)cc1. The molecule has 2 heterocycles. The molecule has 10 heteroatoms. The van der Waals surface area contributed by atoms with Crippen LogP contribution in [0.25, 0.3) is 10.1 Å². The summed E-state index contributed by atoms with van der Waals surface area (Å²) in [5.74, 6) is -0.770. The second kappa shape index (κ2) is 10.3. The van der Waals surface area contributed by atoms with Gasteiger partial charge in [-0.15, -0.1) is 11.3 Å². The summed E-state index contributed by atoms with van der Waals surface area (Å²) in [6, 6.07) is 8.49. The van der Waals surface area contributed by atoms with E-state index >= 15 is 0 Å². The van der Waals surface area contributed by atoms with E-state index in [0.29, 0.717) is 30.0 Å². The van der Waals surface area contributed by atoms with Crippen LogP contribution in [0.3, 0.4) is 0 Å².